The van der Waals surface area contributed by atoms with E-state index in [2.05, 4.69) is 24.1 Å². The van der Waals surface area contributed by atoms with Crippen LogP contribution in [0.1, 0.15) is 39.5 Å². The lowest BCUT2D eigenvalue weighted by atomic mass is 10.0. The number of nitrogens with one attached hydrogen (secondary N) is 1. The highest BCUT2D eigenvalue weighted by Gasteiger charge is 2.25. The third kappa shape index (κ3) is 5.31. The maximum Gasteiger partial charge on any atom is 0.234 e. The van der Waals surface area contributed by atoms with Gasteiger partial charge in [-0.15, -0.1) is 0 Å². The highest BCUT2D eigenvalue weighted by Crippen LogP contribution is 2.16. The normalized spacial score (nSPS) is 20.9. The third-order valence-electron chi connectivity index (χ3n) is 3.33. The van der Waals surface area contributed by atoms with Gasteiger partial charge in [-0.05, 0) is 31.7 Å². The molecule has 5 heteroatoms. The van der Waals surface area contributed by atoms with E-state index in [1.165, 1.54) is 0 Å². The first-order chi connectivity index (χ1) is 8.50. The second-order valence-corrected chi connectivity index (χ2v) is 5.89. The van der Waals surface area contributed by atoms with Gasteiger partial charge in [-0.25, -0.2) is 0 Å². The van der Waals surface area contributed by atoms with Crippen molar-refractivity contribution in [2.24, 2.45) is 11.7 Å². The molecule has 0 aromatic rings. The molecule has 0 aromatic carbocycles. The van der Waals surface area contributed by atoms with E-state index < -0.39 is 0 Å². The Morgan fingerprint density at radius 1 is 1.50 bits per heavy atom. The van der Waals surface area contributed by atoms with Gasteiger partial charge >= 0.3 is 0 Å². The largest absolute Gasteiger partial charge is 0.392 e. The van der Waals surface area contributed by atoms with Crippen LogP contribution in [0.15, 0.2) is 0 Å². The molecule has 4 nitrogen and oxygen atoms in total. The average molecular weight is 271 g/mol. The van der Waals surface area contributed by atoms with Crippen LogP contribution in [0.5, 0.6) is 0 Å². The number of hydrogen-bond donors (Lipinski definition) is 2. The van der Waals surface area contributed by atoms with Crippen LogP contribution in [-0.2, 0) is 4.79 Å². The molecule has 1 rings (SSSR count). The van der Waals surface area contributed by atoms with Gasteiger partial charge < -0.3 is 11.1 Å². The molecule has 1 atom stereocenters. The van der Waals surface area contributed by atoms with Gasteiger partial charge in [-0.3, -0.25) is 9.69 Å². The molecule has 0 bridgehead atoms. The molecule has 104 valence electrons. The fourth-order valence-electron chi connectivity index (χ4n) is 2.24. The number of carbonyl (C=O) groups is 1. The lowest BCUT2D eigenvalue weighted by molar-refractivity contribution is -0.122. The number of piperidine rings is 1. The van der Waals surface area contributed by atoms with E-state index in [-0.39, 0.29) is 11.9 Å². The summed E-state index contributed by atoms with van der Waals surface area (Å²) in [4.78, 5) is 14.4. The average Bonchev–Trinajstić information content (AvgIpc) is 2.28. The maximum atomic E-state index is 11.8. The number of amides is 1. The lowest BCUT2D eigenvalue weighted by Gasteiger charge is -2.34. The van der Waals surface area contributed by atoms with E-state index in [0.717, 1.165) is 38.8 Å². The van der Waals surface area contributed by atoms with Gasteiger partial charge in [-0.2, -0.15) is 0 Å². The van der Waals surface area contributed by atoms with E-state index in [4.69, 9.17) is 18.0 Å². The van der Waals surface area contributed by atoms with Crippen molar-refractivity contribution in [1.82, 2.24) is 10.2 Å². The van der Waals surface area contributed by atoms with Crippen molar-refractivity contribution in [3.05, 3.63) is 0 Å². The maximum absolute atomic E-state index is 11.8. The topological polar surface area (TPSA) is 58.4 Å². The molecule has 1 amide bonds. The number of thiocarbonyl (C=S) groups is 1. The Hall–Kier alpha value is -0.680. The predicted molar refractivity (Wildman–Crippen MR) is 78.5 cm³/mol. The Bertz CT molecular complexity index is 294. The molecule has 0 aromatic heterocycles. The minimum Gasteiger partial charge on any atom is -0.392 e. The fourth-order valence-corrected chi connectivity index (χ4v) is 2.51. The summed E-state index contributed by atoms with van der Waals surface area (Å²) in [5.74, 6) is 0.698. The Morgan fingerprint density at radius 2 is 2.22 bits per heavy atom. The molecular weight excluding hydrogens is 246 g/mol. The summed E-state index contributed by atoms with van der Waals surface area (Å²) in [5.41, 5.74) is 5.73. The first-order valence-corrected chi connectivity index (χ1v) is 7.21. The zero-order valence-electron chi connectivity index (χ0n) is 11.4. The first-order valence-electron chi connectivity index (χ1n) is 6.80. The Labute approximate surface area is 115 Å². The Balaban J connectivity index is 2.34. The Morgan fingerprint density at radius 3 is 2.83 bits per heavy atom. The zero-order chi connectivity index (χ0) is 13.5. The number of likely N-dealkylation sites (tertiary alicyclic amines) is 1. The second kappa shape index (κ2) is 7.69. The first kappa shape index (κ1) is 15.4. The number of nitrogens with zero attached hydrogens (tertiary/aromatic N) is 1. The SMILES string of the molecule is CC(C)CCNC(=O)CN1CCCCC1C(N)=S. The molecule has 0 saturated carbocycles. The number of rotatable bonds is 6. The molecule has 1 fully saturated rings. The van der Waals surface area contributed by atoms with E-state index >= 15 is 0 Å². The number of carbonyl (C=O) groups excluding carboxylic acids is 1. The molecule has 1 heterocycles. The van der Waals surface area contributed by atoms with Crippen LogP contribution >= 0.6 is 12.2 Å². The summed E-state index contributed by atoms with van der Waals surface area (Å²) < 4.78 is 0. The predicted octanol–water partition coefficient (Wildman–Crippen LogP) is 1.29. The van der Waals surface area contributed by atoms with E-state index in [9.17, 15) is 4.79 Å². The minimum atomic E-state index is 0.0822. The summed E-state index contributed by atoms with van der Waals surface area (Å²) in [6.07, 6.45) is 4.27. The van der Waals surface area contributed by atoms with Gasteiger partial charge in [0.25, 0.3) is 0 Å². The van der Waals surface area contributed by atoms with Gasteiger partial charge in [0.05, 0.1) is 17.6 Å². The van der Waals surface area contributed by atoms with Gasteiger partial charge in [0.2, 0.25) is 5.91 Å². The molecule has 1 aliphatic rings. The molecule has 18 heavy (non-hydrogen) atoms. The van der Waals surface area contributed by atoms with Crippen LogP contribution < -0.4 is 11.1 Å². The molecule has 0 radical (unpaired) electrons. The summed E-state index contributed by atoms with van der Waals surface area (Å²) in [6.45, 7) is 6.39. The van der Waals surface area contributed by atoms with Crippen LogP contribution in [0.3, 0.4) is 0 Å². The molecule has 1 unspecified atom stereocenters. The highest BCUT2D eigenvalue weighted by atomic mass is 32.1. The van der Waals surface area contributed by atoms with E-state index in [1.54, 1.807) is 0 Å². The monoisotopic (exact) mass is 271 g/mol. The van der Waals surface area contributed by atoms with Crippen LogP contribution in [-0.4, -0.2) is 41.5 Å². The van der Waals surface area contributed by atoms with Crippen molar-refractivity contribution in [1.29, 1.82) is 0 Å². The molecule has 0 spiro atoms. The molecule has 3 N–H and O–H groups in total. The van der Waals surface area contributed by atoms with Crippen molar-refractivity contribution in [3.63, 3.8) is 0 Å². The summed E-state index contributed by atoms with van der Waals surface area (Å²) in [6, 6.07) is 0.101. The van der Waals surface area contributed by atoms with Crippen LogP contribution in [0, 0.1) is 5.92 Å². The van der Waals surface area contributed by atoms with Crippen molar-refractivity contribution in [2.45, 2.75) is 45.6 Å². The van der Waals surface area contributed by atoms with Crippen LogP contribution in [0.25, 0.3) is 0 Å². The summed E-state index contributed by atoms with van der Waals surface area (Å²) >= 11 is 5.07. The standard InChI is InChI=1S/C13H25N3OS/c1-10(2)6-7-15-12(17)9-16-8-4-3-5-11(16)13(14)18/h10-11H,3-9H2,1-2H3,(H2,14,18)(H,15,17). The van der Waals surface area contributed by atoms with E-state index in [0.29, 0.717) is 17.5 Å². The zero-order valence-corrected chi connectivity index (χ0v) is 12.3. The van der Waals surface area contributed by atoms with Gasteiger partial charge in [-0.1, -0.05) is 32.5 Å². The van der Waals surface area contributed by atoms with Crippen LogP contribution in [0.4, 0.5) is 0 Å². The fraction of sp³-hybridized carbons (Fsp3) is 0.846. The van der Waals surface area contributed by atoms with Gasteiger partial charge in [0.15, 0.2) is 0 Å². The van der Waals surface area contributed by atoms with Crippen molar-refractivity contribution >= 4 is 23.1 Å². The van der Waals surface area contributed by atoms with Crippen molar-refractivity contribution < 1.29 is 4.79 Å². The Kier molecular flexibility index (Phi) is 6.57. The van der Waals surface area contributed by atoms with Crippen LogP contribution in [0.2, 0.25) is 0 Å². The third-order valence-corrected chi connectivity index (χ3v) is 3.60. The molecule has 1 saturated heterocycles. The second-order valence-electron chi connectivity index (χ2n) is 5.42. The quantitative estimate of drug-likeness (QED) is 0.715. The molecule has 0 aliphatic carbocycles. The van der Waals surface area contributed by atoms with Crippen molar-refractivity contribution in [3.8, 4) is 0 Å². The van der Waals surface area contributed by atoms with Gasteiger partial charge in [0.1, 0.15) is 0 Å². The molecular formula is C13H25N3OS. The smallest absolute Gasteiger partial charge is 0.234 e. The number of nitrogens with two attached hydrogens (primary N) is 1. The molecule has 1 aliphatic heterocycles. The van der Waals surface area contributed by atoms with E-state index in [1.807, 2.05) is 0 Å². The van der Waals surface area contributed by atoms with Gasteiger partial charge in [0, 0.05) is 6.54 Å². The minimum absolute atomic E-state index is 0.0822. The lowest BCUT2D eigenvalue weighted by Crippen LogP contribution is -2.50. The summed E-state index contributed by atoms with van der Waals surface area (Å²) in [7, 11) is 0. The highest BCUT2D eigenvalue weighted by molar-refractivity contribution is 7.80. The number of hydrogen-bond acceptors (Lipinski definition) is 3. The summed E-state index contributed by atoms with van der Waals surface area (Å²) in [5, 5.41) is 2.96. The van der Waals surface area contributed by atoms with Crippen molar-refractivity contribution in [2.75, 3.05) is 19.6 Å².